The van der Waals surface area contributed by atoms with Crippen LogP contribution in [0.4, 0.5) is 0 Å². The van der Waals surface area contributed by atoms with Crippen LogP contribution in [0.5, 0.6) is 0 Å². The minimum atomic E-state index is -3.12. The highest BCUT2D eigenvalue weighted by atomic mass is 127. The van der Waals surface area contributed by atoms with Gasteiger partial charge < -0.3 is 15.4 Å². The smallest absolute Gasteiger partial charge is 0.190 e. The van der Waals surface area contributed by atoms with Gasteiger partial charge in [0.1, 0.15) is 0 Å². The third-order valence-electron chi connectivity index (χ3n) is 4.51. The van der Waals surface area contributed by atoms with Gasteiger partial charge >= 0.3 is 0 Å². The van der Waals surface area contributed by atoms with Crippen LogP contribution in [-0.4, -0.2) is 46.9 Å². The van der Waals surface area contributed by atoms with Crippen LogP contribution in [0.1, 0.15) is 24.5 Å². The molecule has 0 heterocycles. The lowest BCUT2D eigenvalue weighted by molar-refractivity contribution is 0.0931. The van der Waals surface area contributed by atoms with Gasteiger partial charge in [-0.05, 0) is 23.5 Å². The molecule has 1 atom stereocenters. The Labute approximate surface area is 203 Å². The minimum Gasteiger partial charge on any atom is -0.376 e. The molecular weight excluding hydrogens is 525 g/mol. The van der Waals surface area contributed by atoms with Crippen molar-refractivity contribution in [1.82, 2.24) is 10.6 Å². The molecule has 31 heavy (non-hydrogen) atoms. The molecule has 0 aromatic heterocycles. The first-order chi connectivity index (χ1) is 14.5. The zero-order chi connectivity index (χ0) is 21.7. The quantitative estimate of drug-likeness (QED) is 0.180. The van der Waals surface area contributed by atoms with Crippen LogP contribution in [0.15, 0.2) is 65.7 Å². The van der Waals surface area contributed by atoms with E-state index < -0.39 is 9.84 Å². The number of rotatable bonds is 12. The summed E-state index contributed by atoms with van der Waals surface area (Å²) in [5.74, 6) is 1.22. The summed E-state index contributed by atoms with van der Waals surface area (Å²) in [6, 6.07) is 19.4. The maximum atomic E-state index is 12.2. The summed E-state index contributed by atoms with van der Waals surface area (Å²) in [5, 5.41) is 6.44. The summed E-state index contributed by atoms with van der Waals surface area (Å²) in [7, 11) is -1.41. The molecule has 2 N–H and O–H groups in total. The van der Waals surface area contributed by atoms with Crippen LogP contribution in [0.25, 0.3) is 0 Å². The number of sulfone groups is 1. The van der Waals surface area contributed by atoms with Crippen LogP contribution >= 0.6 is 24.0 Å². The predicted octanol–water partition coefficient (Wildman–Crippen LogP) is 3.63. The van der Waals surface area contributed by atoms with E-state index in [2.05, 4.69) is 34.7 Å². The maximum absolute atomic E-state index is 12.2. The lowest BCUT2D eigenvalue weighted by Crippen LogP contribution is -2.40. The fourth-order valence-corrected chi connectivity index (χ4v) is 4.33. The summed E-state index contributed by atoms with van der Waals surface area (Å²) < 4.78 is 30.3. The molecule has 6 nitrogen and oxygen atoms in total. The average Bonchev–Trinajstić information content (AvgIpc) is 2.74. The van der Waals surface area contributed by atoms with E-state index in [1.165, 1.54) is 0 Å². The summed E-state index contributed by atoms with van der Waals surface area (Å²) in [6.45, 7) is 4.64. The second-order valence-corrected chi connectivity index (χ2v) is 9.60. The number of halogens is 1. The second-order valence-electron chi connectivity index (χ2n) is 7.42. The number of benzene rings is 2. The number of nitrogens with zero attached hydrogens (tertiary/aromatic N) is 1. The van der Waals surface area contributed by atoms with Crippen molar-refractivity contribution in [2.45, 2.75) is 25.7 Å². The van der Waals surface area contributed by atoms with E-state index in [1.807, 2.05) is 48.5 Å². The zero-order valence-electron chi connectivity index (χ0n) is 18.3. The van der Waals surface area contributed by atoms with Crippen molar-refractivity contribution in [3.8, 4) is 0 Å². The molecule has 172 valence electrons. The Morgan fingerprint density at radius 3 is 2.23 bits per heavy atom. The number of ether oxygens (including phenoxy) is 1. The highest BCUT2D eigenvalue weighted by Crippen LogP contribution is 2.07. The largest absolute Gasteiger partial charge is 0.376 e. The first-order valence-electron chi connectivity index (χ1n) is 10.3. The average molecular weight is 560 g/mol. The fourth-order valence-electron chi connectivity index (χ4n) is 2.90. The van der Waals surface area contributed by atoms with Crippen LogP contribution in [0.2, 0.25) is 0 Å². The van der Waals surface area contributed by atoms with Gasteiger partial charge in [-0.15, -0.1) is 24.0 Å². The lowest BCUT2D eigenvalue weighted by Gasteiger charge is -2.16. The number of guanidine groups is 1. The second kappa shape index (κ2) is 15.2. The molecule has 2 aromatic carbocycles. The third-order valence-corrected chi connectivity index (χ3v) is 6.19. The molecule has 0 fully saturated rings. The van der Waals surface area contributed by atoms with E-state index in [0.29, 0.717) is 38.1 Å². The van der Waals surface area contributed by atoms with Gasteiger partial charge in [-0.2, -0.15) is 0 Å². The van der Waals surface area contributed by atoms with Gasteiger partial charge in [0, 0.05) is 20.1 Å². The molecule has 0 spiro atoms. The normalized spacial score (nSPS) is 12.6. The van der Waals surface area contributed by atoms with E-state index in [9.17, 15) is 8.42 Å². The van der Waals surface area contributed by atoms with Crippen molar-refractivity contribution in [3.63, 3.8) is 0 Å². The standard InChI is InChI=1S/C23H33N3O3S.HI/c1-20(17-29-18-21-10-5-3-6-11-21)16-26-23(24-2)25-14-9-15-30(27,28)19-22-12-7-4-8-13-22;/h3-8,10-13,20H,9,14-19H2,1-2H3,(H2,24,25,26);1H. The van der Waals surface area contributed by atoms with E-state index in [4.69, 9.17) is 4.74 Å². The molecular formula is C23H34IN3O3S. The van der Waals surface area contributed by atoms with Gasteiger partial charge in [0.05, 0.1) is 24.7 Å². The van der Waals surface area contributed by atoms with Crippen molar-refractivity contribution in [3.05, 3.63) is 71.8 Å². The van der Waals surface area contributed by atoms with E-state index in [-0.39, 0.29) is 35.5 Å². The predicted molar refractivity (Wildman–Crippen MR) is 139 cm³/mol. The molecule has 0 bridgehead atoms. The highest BCUT2D eigenvalue weighted by Gasteiger charge is 2.12. The lowest BCUT2D eigenvalue weighted by atomic mass is 10.2. The molecule has 0 aliphatic heterocycles. The van der Waals surface area contributed by atoms with Crippen LogP contribution in [0, 0.1) is 5.92 Å². The highest BCUT2D eigenvalue weighted by molar-refractivity contribution is 14.0. The van der Waals surface area contributed by atoms with Gasteiger partial charge in [0.2, 0.25) is 0 Å². The Hall–Kier alpha value is -1.65. The monoisotopic (exact) mass is 559 g/mol. The van der Waals surface area contributed by atoms with Gasteiger partial charge in [-0.1, -0.05) is 67.6 Å². The van der Waals surface area contributed by atoms with Crippen LogP contribution < -0.4 is 10.6 Å². The zero-order valence-corrected chi connectivity index (χ0v) is 21.4. The van der Waals surface area contributed by atoms with Crippen molar-refractivity contribution in [2.24, 2.45) is 10.9 Å². The first-order valence-corrected chi connectivity index (χ1v) is 12.1. The van der Waals surface area contributed by atoms with Gasteiger partial charge in [0.25, 0.3) is 0 Å². The Kier molecular flexibility index (Phi) is 13.4. The molecule has 0 aliphatic rings. The number of nitrogens with one attached hydrogen (secondary N) is 2. The van der Waals surface area contributed by atoms with E-state index in [0.717, 1.165) is 17.7 Å². The molecule has 0 saturated carbocycles. The van der Waals surface area contributed by atoms with Gasteiger partial charge in [-0.25, -0.2) is 8.42 Å². The van der Waals surface area contributed by atoms with Crippen LogP contribution in [-0.2, 0) is 26.9 Å². The summed E-state index contributed by atoms with van der Waals surface area (Å²) >= 11 is 0. The summed E-state index contributed by atoms with van der Waals surface area (Å²) in [4.78, 5) is 4.19. The molecule has 2 rings (SSSR count). The summed E-state index contributed by atoms with van der Waals surface area (Å²) in [5.41, 5.74) is 1.99. The molecule has 2 aromatic rings. The van der Waals surface area contributed by atoms with Crippen molar-refractivity contribution in [1.29, 1.82) is 0 Å². The number of hydrogen-bond donors (Lipinski definition) is 2. The SMILES string of the molecule is CN=C(NCCCS(=O)(=O)Cc1ccccc1)NCC(C)COCc1ccccc1.I. The minimum absolute atomic E-state index is 0. The van der Waals surface area contributed by atoms with Crippen molar-refractivity contribution in [2.75, 3.05) is 32.5 Å². The number of aliphatic imine (C=N–C) groups is 1. The van der Waals surface area contributed by atoms with E-state index in [1.54, 1.807) is 7.05 Å². The van der Waals surface area contributed by atoms with Gasteiger partial charge in [0.15, 0.2) is 15.8 Å². The van der Waals surface area contributed by atoms with E-state index >= 15 is 0 Å². The Morgan fingerprint density at radius 2 is 1.61 bits per heavy atom. The van der Waals surface area contributed by atoms with Crippen molar-refractivity contribution >= 4 is 39.8 Å². The molecule has 1 unspecified atom stereocenters. The Morgan fingerprint density at radius 1 is 1.00 bits per heavy atom. The fraction of sp³-hybridized carbons (Fsp3) is 0.435. The molecule has 0 radical (unpaired) electrons. The molecule has 0 amide bonds. The Balaban J connectivity index is 0.00000480. The van der Waals surface area contributed by atoms with Gasteiger partial charge in [-0.3, -0.25) is 4.99 Å². The Bertz CT molecular complexity index is 862. The first kappa shape index (κ1) is 27.4. The summed E-state index contributed by atoms with van der Waals surface area (Å²) in [6.07, 6.45) is 0.533. The topological polar surface area (TPSA) is 79.8 Å². The molecule has 8 heteroatoms. The van der Waals surface area contributed by atoms with Crippen molar-refractivity contribution < 1.29 is 13.2 Å². The third kappa shape index (κ3) is 12.1. The maximum Gasteiger partial charge on any atom is 0.190 e. The number of hydrogen-bond acceptors (Lipinski definition) is 4. The molecule has 0 aliphatic carbocycles. The van der Waals surface area contributed by atoms with Crippen LogP contribution in [0.3, 0.4) is 0 Å². The molecule has 0 saturated heterocycles.